The number of rotatable bonds is 7. The van der Waals surface area contributed by atoms with Crippen molar-refractivity contribution in [2.24, 2.45) is 0 Å². The van der Waals surface area contributed by atoms with Crippen molar-refractivity contribution in [1.82, 2.24) is 28.5 Å². The highest BCUT2D eigenvalue weighted by Crippen LogP contribution is 2.21. The molecule has 0 spiro atoms. The molecule has 0 radical (unpaired) electrons. The van der Waals surface area contributed by atoms with E-state index in [1.165, 1.54) is 22.5 Å². The summed E-state index contributed by atoms with van der Waals surface area (Å²) in [5, 5.41) is 4.74. The SMILES string of the molecule is CCCn1c(-c2ccncc2)nn(CN2CCN(S(=O)(=O)c3ccccc3F)CC2)c1=S. The number of piperazine rings is 1. The third-order valence-corrected chi connectivity index (χ3v) is 7.79. The number of halogens is 1. The van der Waals surface area contributed by atoms with Gasteiger partial charge in [0, 0.05) is 50.7 Å². The number of pyridine rings is 1. The van der Waals surface area contributed by atoms with Crippen LogP contribution in [-0.4, -0.2) is 63.1 Å². The minimum absolute atomic E-state index is 0.275. The van der Waals surface area contributed by atoms with Crippen LogP contribution in [0.4, 0.5) is 4.39 Å². The van der Waals surface area contributed by atoms with Crippen molar-refractivity contribution in [3.63, 3.8) is 0 Å². The lowest BCUT2D eigenvalue weighted by atomic mass is 10.2. The predicted octanol–water partition coefficient (Wildman–Crippen LogP) is 2.99. The van der Waals surface area contributed by atoms with Crippen LogP contribution in [0, 0.1) is 10.6 Å². The number of hydrogen-bond acceptors (Lipinski definition) is 6. The lowest BCUT2D eigenvalue weighted by Gasteiger charge is -2.33. The maximum atomic E-state index is 14.0. The van der Waals surface area contributed by atoms with E-state index in [0.717, 1.165) is 30.4 Å². The third kappa shape index (κ3) is 4.51. The highest BCUT2D eigenvalue weighted by Gasteiger charge is 2.30. The Hall–Kier alpha value is -2.47. The van der Waals surface area contributed by atoms with Gasteiger partial charge >= 0.3 is 0 Å². The predicted molar refractivity (Wildman–Crippen MR) is 121 cm³/mol. The van der Waals surface area contributed by atoms with Crippen molar-refractivity contribution in [2.75, 3.05) is 26.2 Å². The molecule has 32 heavy (non-hydrogen) atoms. The first-order valence-corrected chi connectivity index (χ1v) is 12.3. The summed E-state index contributed by atoms with van der Waals surface area (Å²) in [5.74, 6) is 0.0614. The van der Waals surface area contributed by atoms with E-state index in [1.54, 1.807) is 17.1 Å². The van der Waals surface area contributed by atoms with Crippen molar-refractivity contribution in [3.05, 3.63) is 59.4 Å². The summed E-state index contributed by atoms with van der Waals surface area (Å²) >= 11 is 5.68. The van der Waals surface area contributed by atoms with Crippen LogP contribution in [0.5, 0.6) is 0 Å². The molecular formula is C21H25FN6O2S2. The second kappa shape index (κ2) is 9.57. The van der Waals surface area contributed by atoms with E-state index in [-0.39, 0.29) is 18.0 Å². The molecule has 0 aliphatic carbocycles. The molecule has 3 heterocycles. The first-order valence-electron chi connectivity index (χ1n) is 10.5. The van der Waals surface area contributed by atoms with Gasteiger partial charge in [-0.3, -0.25) is 14.5 Å². The number of sulfonamides is 1. The molecule has 1 saturated heterocycles. The number of hydrogen-bond donors (Lipinski definition) is 0. The van der Waals surface area contributed by atoms with Gasteiger partial charge in [0.15, 0.2) is 10.6 Å². The van der Waals surface area contributed by atoms with E-state index < -0.39 is 15.8 Å². The van der Waals surface area contributed by atoms with Gasteiger partial charge in [0.25, 0.3) is 0 Å². The molecule has 0 unspecified atom stereocenters. The van der Waals surface area contributed by atoms with E-state index in [0.29, 0.717) is 24.5 Å². The van der Waals surface area contributed by atoms with Crippen LogP contribution in [0.3, 0.4) is 0 Å². The molecule has 2 aromatic heterocycles. The summed E-state index contributed by atoms with van der Waals surface area (Å²) in [4.78, 5) is 5.89. The van der Waals surface area contributed by atoms with Gasteiger partial charge in [0.2, 0.25) is 10.0 Å². The Morgan fingerprint density at radius 1 is 1.06 bits per heavy atom. The molecule has 1 aliphatic heterocycles. The zero-order valence-electron chi connectivity index (χ0n) is 17.8. The first-order chi connectivity index (χ1) is 15.4. The van der Waals surface area contributed by atoms with Gasteiger partial charge in [-0.1, -0.05) is 19.1 Å². The summed E-state index contributed by atoms with van der Waals surface area (Å²) in [6.45, 7) is 4.85. The molecule has 0 N–H and O–H groups in total. The summed E-state index contributed by atoms with van der Waals surface area (Å²) in [6.07, 6.45) is 4.37. The van der Waals surface area contributed by atoms with Crippen LogP contribution < -0.4 is 0 Å². The average Bonchev–Trinajstić information content (AvgIpc) is 3.10. The number of benzene rings is 1. The monoisotopic (exact) mass is 476 g/mol. The van der Waals surface area contributed by atoms with Crippen LogP contribution in [-0.2, 0) is 23.2 Å². The Bertz CT molecular complexity index is 1230. The Labute approximate surface area is 192 Å². The Morgan fingerprint density at radius 3 is 2.41 bits per heavy atom. The maximum absolute atomic E-state index is 14.0. The summed E-state index contributed by atoms with van der Waals surface area (Å²) in [6, 6.07) is 9.28. The van der Waals surface area contributed by atoms with Gasteiger partial charge in [-0.05, 0) is 42.9 Å². The second-order valence-corrected chi connectivity index (χ2v) is 9.86. The topological polar surface area (TPSA) is 76.3 Å². The molecule has 3 aromatic rings. The molecule has 1 aromatic carbocycles. The van der Waals surface area contributed by atoms with Gasteiger partial charge in [-0.2, -0.15) is 9.40 Å². The van der Waals surface area contributed by atoms with Crippen LogP contribution in [0.25, 0.3) is 11.4 Å². The molecular weight excluding hydrogens is 451 g/mol. The molecule has 0 atom stereocenters. The fourth-order valence-corrected chi connectivity index (χ4v) is 5.53. The molecule has 0 saturated carbocycles. The third-order valence-electron chi connectivity index (χ3n) is 5.43. The maximum Gasteiger partial charge on any atom is 0.246 e. The second-order valence-electron chi connectivity index (χ2n) is 7.59. The summed E-state index contributed by atoms with van der Waals surface area (Å²) in [7, 11) is -3.86. The van der Waals surface area contributed by atoms with Gasteiger partial charge in [-0.25, -0.2) is 17.5 Å². The normalized spacial score (nSPS) is 15.8. The van der Waals surface area contributed by atoms with Crippen molar-refractivity contribution >= 4 is 22.2 Å². The molecule has 0 bridgehead atoms. The average molecular weight is 477 g/mol. The van der Waals surface area contributed by atoms with E-state index in [1.807, 2.05) is 16.7 Å². The smallest absolute Gasteiger partial charge is 0.246 e. The minimum atomic E-state index is -3.86. The summed E-state index contributed by atoms with van der Waals surface area (Å²) in [5.41, 5.74) is 0.944. The molecule has 11 heteroatoms. The Balaban J connectivity index is 1.49. The zero-order chi connectivity index (χ0) is 22.7. The van der Waals surface area contributed by atoms with E-state index in [9.17, 15) is 12.8 Å². The van der Waals surface area contributed by atoms with Crippen molar-refractivity contribution < 1.29 is 12.8 Å². The Morgan fingerprint density at radius 2 is 1.75 bits per heavy atom. The van der Waals surface area contributed by atoms with Gasteiger partial charge < -0.3 is 0 Å². The number of nitrogens with zero attached hydrogens (tertiary/aromatic N) is 6. The van der Waals surface area contributed by atoms with E-state index in [4.69, 9.17) is 17.3 Å². The molecule has 4 rings (SSSR count). The van der Waals surface area contributed by atoms with Crippen molar-refractivity contribution in [3.8, 4) is 11.4 Å². The fourth-order valence-electron chi connectivity index (χ4n) is 3.77. The Kier molecular flexibility index (Phi) is 6.79. The van der Waals surface area contributed by atoms with Crippen LogP contribution >= 0.6 is 12.2 Å². The highest BCUT2D eigenvalue weighted by molar-refractivity contribution is 7.89. The molecule has 1 aliphatic rings. The van der Waals surface area contributed by atoms with Gasteiger partial charge in [-0.15, -0.1) is 0 Å². The van der Waals surface area contributed by atoms with Crippen LogP contribution in [0.1, 0.15) is 13.3 Å². The fraction of sp³-hybridized carbons (Fsp3) is 0.381. The molecule has 170 valence electrons. The first kappa shape index (κ1) is 22.7. The molecule has 8 nitrogen and oxygen atoms in total. The standard InChI is InChI=1S/C21H25FN6O2S2/c1-2-11-27-20(17-7-9-23-10-8-17)24-28(21(27)31)16-25-12-14-26(15-13-25)32(29,30)19-6-4-3-5-18(19)22/h3-10H,2,11-16H2,1H3. The van der Waals surface area contributed by atoms with Gasteiger partial charge in [0.05, 0.1) is 6.67 Å². The number of aromatic nitrogens is 4. The molecule has 0 amide bonds. The van der Waals surface area contributed by atoms with Crippen molar-refractivity contribution in [1.29, 1.82) is 0 Å². The quantitative estimate of drug-likeness (QED) is 0.488. The minimum Gasteiger partial charge on any atom is -0.300 e. The molecule has 1 fully saturated rings. The zero-order valence-corrected chi connectivity index (χ0v) is 19.4. The van der Waals surface area contributed by atoms with E-state index >= 15 is 0 Å². The van der Waals surface area contributed by atoms with Crippen molar-refractivity contribution in [2.45, 2.75) is 31.5 Å². The lowest BCUT2D eigenvalue weighted by Crippen LogP contribution is -2.49. The van der Waals surface area contributed by atoms with E-state index in [2.05, 4.69) is 16.8 Å². The largest absolute Gasteiger partial charge is 0.300 e. The summed E-state index contributed by atoms with van der Waals surface area (Å²) < 4.78 is 45.5. The highest BCUT2D eigenvalue weighted by atomic mass is 32.2. The lowest BCUT2D eigenvalue weighted by molar-refractivity contribution is 0.144. The van der Waals surface area contributed by atoms with Crippen LogP contribution in [0.15, 0.2) is 53.7 Å². The van der Waals surface area contributed by atoms with Crippen LogP contribution in [0.2, 0.25) is 0 Å². The van der Waals surface area contributed by atoms with Gasteiger partial charge in [0.1, 0.15) is 10.7 Å².